The summed E-state index contributed by atoms with van der Waals surface area (Å²) in [4.78, 5) is 2.58. The van der Waals surface area contributed by atoms with Crippen molar-refractivity contribution in [2.24, 2.45) is 0 Å². The van der Waals surface area contributed by atoms with Gasteiger partial charge in [0.15, 0.2) is 5.82 Å². The lowest BCUT2D eigenvalue weighted by Gasteiger charge is -2.38. The number of benzene rings is 2. The van der Waals surface area contributed by atoms with Crippen LogP contribution in [0.15, 0.2) is 48.5 Å². The van der Waals surface area contributed by atoms with Crippen LogP contribution in [-0.2, 0) is 18.5 Å². The molecule has 0 bridgehead atoms. The monoisotopic (exact) mass is 415 g/mol. The number of fused-ring (bicyclic) bond motifs is 1. The Kier molecular flexibility index (Phi) is 5.61. The Balaban J connectivity index is 1.59. The molecular formula is C26H33N5. The van der Waals surface area contributed by atoms with E-state index in [1.54, 1.807) is 0 Å². The molecule has 31 heavy (non-hydrogen) atoms. The fraction of sp³-hybridized carbons (Fsp3) is 0.500. The van der Waals surface area contributed by atoms with Gasteiger partial charge in [0.1, 0.15) is 0 Å². The molecule has 0 amide bonds. The van der Waals surface area contributed by atoms with Crippen molar-refractivity contribution in [1.82, 2.24) is 25.1 Å². The maximum Gasteiger partial charge on any atom is 0.173 e. The van der Waals surface area contributed by atoms with Gasteiger partial charge in [-0.2, -0.15) is 0 Å². The van der Waals surface area contributed by atoms with E-state index in [0.717, 1.165) is 38.2 Å². The van der Waals surface area contributed by atoms with Gasteiger partial charge < -0.3 is 0 Å². The van der Waals surface area contributed by atoms with E-state index in [2.05, 4.69) is 87.5 Å². The molecule has 0 N–H and O–H groups in total. The molecule has 1 atom stereocenters. The standard InChI is InChI=1S/C26H33N5/c1-20-11-5-8-14-23(20)24(30-18-15-21-12-6-7-13-22(21)19-30)25-27-28-29-31(25)26(2)16-9-3-4-10-17-26/h5-8,11-14,24H,3-4,9-10,15-19H2,1-2H3. The predicted molar refractivity (Wildman–Crippen MR) is 123 cm³/mol. The first kappa shape index (κ1) is 20.4. The van der Waals surface area contributed by atoms with Gasteiger partial charge in [-0.05, 0) is 65.8 Å². The summed E-state index contributed by atoms with van der Waals surface area (Å²) < 4.78 is 2.19. The lowest BCUT2D eigenvalue weighted by atomic mass is 9.90. The van der Waals surface area contributed by atoms with E-state index in [4.69, 9.17) is 0 Å². The second-order valence-electron chi connectivity index (χ2n) is 9.61. The molecule has 1 aliphatic heterocycles. The van der Waals surface area contributed by atoms with Gasteiger partial charge in [0, 0.05) is 13.1 Å². The SMILES string of the molecule is Cc1ccccc1C(c1nnnn1C1(C)CCCCCC1)N1CCc2ccccc2C1. The number of tetrazole rings is 1. The highest BCUT2D eigenvalue weighted by Crippen LogP contribution is 2.38. The van der Waals surface area contributed by atoms with Gasteiger partial charge in [0.25, 0.3) is 0 Å². The van der Waals surface area contributed by atoms with Gasteiger partial charge >= 0.3 is 0 Å². The molecule has 2 aliphatic rings. The third kappa shape index (κ3) is 3.91. The quantitative estimate of drug-likeness (QED) is 0.550. The minimum atomic E-state index is -0.00996. The summed E-state index contributed by atoms with van der Waals surface area (Å²) in [7, 11) is 0. The van der Waals surface area contributed by atoms with Gasteiger partial charge in [0.05, 0.1) is 11.6 Å². The first-order chi connectivity index (χ1) is 15.2. The Morgan fingerprint density at radius 1 is 0.903 bits per heavy atom. The van der Waals surface area contributed by atoms with Crippen LogP contribution in [0.3, 0.4) is 0 Å². The summed E-state index contributed by atoms with van der Waals surface area (Å²) in [6, 6.07) is 17.6. The fourth-order valence-corrected chi connectivity index (χ4v) is 5.58. The van der Waals surface area contributed by atoms with Crippen molar-refractivity contribution < 1.29 is 0 Å². The molecule has 1 aromatic heterocycles. The molecule has 1 aliphatic carbocycles. The van der Waals surface area contributed by atoms with Gasteiger partial charge in [-0.15, -0.1) is 5.10 Å². The second-order valence-corrected chi connectivity index (χ2v) is 9.61. The summed E-state index contributed by atoms with van der Waals surface area (Å²) in [6.07, 6.45) is 8.50. The van der Waals surface area contributed by atoms with E-state index >= 15 is 0 Å². The number of aromatic nitrogens is 4. The predicted octanol–water partition coefficient (Wildman–Crippen LogP) is 5.20. The number of hydrogen-bond donors (Lipinski definition) is 0. The maximum absolute atomic E-state index is 4.68. The molecule has 2 aromatic carbocycles. The van der Waals surface area contributed by atoms with Crippen molar-refractivity contribution in [2.45, 2.75) is 76.9 Å². The topological polar surface area (TPSA) is 46.8 Å². The Morgan fingerprint density at radius 2 is 1.61 bits per heavy atom. The molecule has 1 saturated carbocycles. The fourth-order valence-electron chi connectivity index (χ4n) is 5.58. The van der Waals surface area contributed by atoms with Crippen LogP contribution in [0.2, 0.25) is 0 Å². The highest BCUT2D eigenvalue weighted by molar-refractivity contribution is 5.35. The zero-order valence-electron chi connectivity index (χ0n) is 18.8. The normalized spacial score (nSPS) is 20.1. The first-order valence-electron chi connectivity index (χ1n) is 11.8. The zero-order chi connectivity index (χ0) is 21.3. The molecule has 3 aromatic rings. The van der Waals surface area contributed by atoms with Gasteiger partial charge in [-0.25, -0.2) is 4.68 Å². The summed E-state index contributed by atoms with van der Waals surface area (Å²) >= 11 is 0. The van der Waals surface area contributed by atoms with Gasteiger partial charge in [-0.1, -0.05) is 74.2 Å². The van der Waals surface area contributed by atoms with E-state index in [-0.39, 0.29) is 11.6 Å². The van der Waals surface area contributed by atoms with Crippen molar-refractivity contribution in [3.8, 4) is 0 Å². The lowest BCUT2D eigenvalue weighted by Crippen LogP contribution is -2.40. The number of nitrogens with zero attached hydrogens (tertiary/aromatic N) is 5. The van der Waals surface area contributed by atoms with E-state index in [1.165, 1.54) is 47.9 Å². The van der Waals surface area contributed by atoms with E-state index in [0.29, 0.717) is 0 Å². The maximum atomic E-state index is 4.68. The average Bonchev–Trinajstić information content (AvgIpc) is 3.17. The minimum absolute atomic E-state index is 0.00996. The molecule has 2 heterocycles. The molecule has 1 unspecified atom stereocenters. The summed E-state index contributed by atoms with van der Waals surface area (Å²) in [5, 5.41) is 13.5. The van der Waals surface area contributed by atoms with Crippen LogP contribution >= 0.6 is 0 Å². The van der Waals surface area contributed by atoms with Crippen molar-refractivity contribution >= 4 is 0 Å². The Labute approximate surface area is 185 Å². The molecule has 5 rings (SSSR count). The zero-order valence-corrected chi connectivity index (χ0v) is 18.8. The van der Waals surface area contributed by atoms with Crippen LogP contribution in [0.1, 0.15) is 79.6 Å². The van der Waals surface area contributed by atoms with Crippen LogP contribution in [0.5, 0.6) is 0 Å². The summed E-state index contributed by atoms with van der Waals surface area (Å²) in [5.74, 6) is 0.998. The van der Waals surface area contributed by atoms with E-state index in [1.807, 2.05) is 0 Å². The summed E-state index contributed by atoms with van der Waals surface area (Å²) in [5.41, 5.74) is 5.50. The third-order valence-corrected chi connectivity index (χ3v) is 7.44. The smallest absolute Gasteiger partial charge is 0.173 e. The molecule has 162 valence electrons. The number of rotatable bonds is 4. The van der Waals surface area contributed by atoms with Crippen LogP contribution in [0, 0.1) is 6.92 Å². The van der Waals surface area contributed by atoms with Gasteiger partial charge in [-0.3, -0.25) is 4.90 Å². The Morgan fingerprint density at radius 3 is 2.39 bits per heavy atom. The van der Waals surface area contributed by atoms with Crippen molar-refractivity contribution in [3.05, 3.63) is 76.6 Å². The van der Waals surface area contributed by atoms with Crippen LogP contribution in [0.4, 0.5) is 0 Å². The second kappa shape index (κ2) is 8.54. The van der Waals surface area contributed by atoms with Crippen LogP contribution < -0.4 is 0 Å². The molecule has 0 spiro atoms. The largest absolute Gasteiger partial charge is 0.285 e. The van der Waals surface area contributed by atoms with Crippen LogP contribution in [0.25, 0.3) is 0 Å². The first-order valence-corrected chi connectivity index (χ1v) is 11.8. The highest BCUT2D eigenvalue weighted by atomic mass is 15.6. The average molecular weight is 416 g/mol. The molecule has 5 nitrogen and oxygen atoms in total. The third-order valence-electron chi connectivity index (χ3n) is 7.44. The minimum Gasteiger partial charge on any atom is -0.285 e. The highest BCUT2D eigenvalue weighted by Gasteiger charge is 2.37. The lowest BCUT2D eigenvalue weighted by molar-refractivity contribution is 0.171. The van der Waals surface area contributed by atoms with Crippen molar-refractivity contribution in [3.63, 3.8) is 0 Å². The van der Waals surface area contributed by atoms with E-state index < -0.39 is 0 Å². The summed E-state index contributed by atoms with van der Waals surface area (Å²) in [6.45, 7) is 6.51. The Bertz CT molecular complexity index is 1030. The van der Waals surface area contributed by atoms with Gasteiger partial charge in [0.2, 0.25) is 0 Å². The number of hydrogen-bond acceptors (Lipinski definition) is 4. The van der Waals surface area contributed by atoms with Crippen LogP contribution in [-0.4, -0.2) is 31.7 Å². The molecule has 5 heteroatoms. The molecule has 0 radical (unpaired) electrons. The molecular weight excluding hydrogens is 382 g/mol. The van der Waals surface area contributed by atoms with Crippen molar-refractivity contribution in [2.75, 3.05) is 6.54 Å². The number of aryl methyl sites for hydroxylation is 1. The van der Waals surface area contributed by atoms with Crippen molar-refractivity contribution in [1.29, 1.82) is 0 Å². The van der Waals surface area contributed by atoms with E-state index in [9.17, 15) is 0 Å². The Hall–Kier alpha value is -2.53. The molecule has 0 saturated heterocycles. The molecule has 1 fully saturated rings.